The minimum absolute atomic E-state index is 0.0594. The van der Waals surface area contributed by atoms with Crippen molar-refractivity contribution >= 4 is 11.9 Å². The average Bonchev–Trinajstić information content (AvgIpc) is 2.89. The summed E-state index contributed by atoms with van der Waals surface area (Å²) in [6.45, 7) is 5.62. The molecule has 27 heavy (non-hydrogen) atoms. The van der Waals surface area contributed by atoms with Gasteiger partial charge in [0.2, 0.25) is 0 Å². The maximum absolute atomic E-state index is 13.2. The highest BCUT2D eigenvalue weighted by Gasteiger charge is 2.46. The molecule has 0 saturated carbocycles. The fourth-order valence-electron chi connectivity index (χ4n) is 4.23. The molecule has 1 amide bonds. The first-order chi connectivity index (χ1) is 12.7. The van der Waals surface area contributed by atoms with Crippen molar-refractivity contribution < 1.29 is 23.8 Å². The van der Waals surface area contributed by atoms with Crippen LogP contribution in [-0.4, -0.2) is 48.7 Å². The molecule has 2 fully saturated rings. The summed E-state index contributed by atoms with van der Waals surface area (Å²) < 4.78 is 16.2. The first-order valence-electron chi connectivity index (χ1n) is 9.51. The lowest BCUT2D eigenvalue weighted by Gasteiger charge is -2.39. The van der Waals surface area contributed by atoms with Crippen molar-refractivity contribution in [1.82, 2.24) is 4.90 Å². The Kier molecular flexibility index (Phi) is 5.36. The Morgan fingerprint density at radius 1 is 1.04 bits per heavy atom. The smallest absolute Gasteiger partial charge is 0.410 e. The Morgan fingerprint density at radius 3 is 2.19 bits per heavy atom. The number of nitrogens with zero attached hydrogens (tertiary/aromatic N) is 1. The molecule has 0 radical (unpaired) electrons. The van der Waals surface area contributed by atoms with Crippen LogP contribution >= 0.6 is 0 Å². The number of fused-ring (bicyclic) bond motifs is 2. The van der Waals surface area contributed by atoms with Crippen LogP contribution < -0.4 is 9.47 Å². The van der Waals surface area contributed by atoms with Crippen molar-refractivity contribution in [3.05, 3.63) is 23.8 Å². The zero-order valence-electron chi connectivity index (χ0n) is 16.8. The summed E-state index contributed by atoms with van der Waals surface area (Å²) in [6, 6.07) is 5.40. The zero-order chi connectivity index (χ0) is 19.8. The van der Waals surface area contributed by atoms with Crippen molar-refractivity contribution in [1.29, 1.82) is 0 Å². The normalized spacial score (nSPS) is 24.5. The summed E-state index contributed by atoms with van der Waals surface area (Å²) in [5.41, 5.74) is 0.0314. The molecule has 2 unspecified atom stereocenters. The Balaban J connectivity index is 1.77. The quantitative estimate of drug-likeness (QED) is 0.743. The Morgan fingerprint density at radius 2 is 1.67 bits per heavy atom. The van der Waals surface area contributed by atoms with Gasteiger partial charge in [-0.25, -0.2) is 4.79 Å². The van der Waals surface area contributed by atoms with E-state index in [0.717, 1.165) is 12.8 Å². The number of piperidine rings is 1. The molecule has 0 aromatic heterocycles. The van der Waals surface area contributed by atoms with Crippen molar-refractivity contribution in [2.75, 3.05) is 14.2 Å². The number of hydrogen-bond acceptors (Lipinski definition) is 5. The molecule has 0 aliphatic carbocycles. The van der Waals surface area contributed by atoms with Crippen LogP contribution in [-0.2, 0) is 4.74 Å². The van der Waals surface area contributed by atoms with E-state index in [-0.39, 0.29) is 29.9 Å². The maximum Gasteiger partial charge on any atom is 0.410 e. The van der Waals surface area contributed by atoms with Gasteiger partial charge in [0.15, 0.2) is 5.78 Å². The van der Waals surface area contributed by atoms with Gasteiger partial charge in [-0.05, 0) is 64.7 Å². The molecule has 0 N–H and O–H groups in total. The maximum atomic E-state index is 13.2. The van der Waals surface area contributed by atoms with Crippen LogP contribution in [0.2, 0.25) is 0 Å². The van der Waals surface area contributed by atoms with Gasteiger partial charge in [-0.2, -0.15) is 0 Å². The van der Waals surface area contributed by atoms with E-state index in [1.54, 1.807) is 32.4 Å². The second-order valence-corrected chi connectivity index (χ2v) is 8.37. The minimum Gasteiger partial charge on any atom is -0.497 e. The van der Waals surface area contributed by atoms with Crippen molar-refractivity contribution in [2.24, 2.45) is 5.92 Å². The topological polar surface area (TPSA) is 65.1 Å². The van der Waals surface area contributed by atoms with Gasteiger partial charge in [0.1, 0.15) is 17.1 Å². The monoisotopic (exact) mass is 375 g/mol. The highest BCUT2D eigenvalue weighted by Crippen LogP contribution is 2.41. The number of hydrogen-bond donors (Lipinski definition) is 0. The predicted molar refractivity (Wildman–Crippen MR) is 101 cm³/mol. The minimum atomic E-state index is -0.517. The highest BCUT2D eigenvalue weighted by molar-refractivity contribution is 6.01. The number of carbonyl (C=O) groups is 2. The average molecular weight is 375 g/mol. The van der Waals surface area contributed by atoms with Crippen LogP contribution in [0.25, 0.3) is 0 Å². The molecule has 2 heterocycles. The van der Waals surface area contributed by atoms with E-state index in [9.17, 15) is 9.59 Å². The summed E-state index contributed by atoms with van der Waals surface area (Å²) >= 11 is 0. The summed E-state index contributed by atoms with van der Waals surface area (Å²) in [6.07, 6.45) is 2.90. The van der Waals surface area contributed by atoms with Gasteiger partial charge in [0.05, 0.1) is 19.8 Å². The highest BCUT2D eigenvalue weighted by atomic mass is 16.6. The predicted octanol–water partition coefficient (Wildman–Crippen LogP) is 4.06. The van der Waals surface area contributed by atoms with Gasteiger partial charge in [-0.3, -0.25) is 4.79 Å². The molecule has 2 atom stereocenters. The van der Waals surface area contributed by atoms with Gasteiger partial charge >= 0.3 is 6.09 Å². The van der Waals surface area contributed by atoms with Crippen LogP contribution in [0.5, 0.6) is 11.5 Å². The van der Waals surface area contributed by atoms with E-state index in [4.69, 9.17) is 14.2 Å². The first-order valence-corrected chi connectivity index (χ1v) is 9.51. The van der Waals surface area contributed by atoms with Crippen LogP contribution in [0.3, 0.4) is 0 Å². The summed E-state index contributed by atoms with van der Waals surface area (Å²) in [4.78, 5) is 27.6. The van der Waals surface area contributed by atoms with E-state index < -0.39 is 5.60 Å². The summed E-state index contributed by atoms with van der Waals surface area (Å²) in [7, 11) is 3.14. The standard InChI is InChI=1S/C21H29NO5/c1-21(2,3)27-20(24)22-14-6-7-15(22)11-13(10-14)19(23)17-12-16(25-4)8-9-18(17)26-5/h8-9,12-15H,6-7,10-11H2,1-5H3. The first kappa shape index (κ1) is 19.5. The fraction of sp³-hybridized carbons (Fsp3) is 0.619. The van der Waals surface area contributed by atoms with Crippen molar-refractivity contribution in [3.63, 3.8) is 0 Å². The summed E-state index contributed by atoms with van der Waals surface area (Å²) in [5, 5.41) is 0. The van der Waals surface area contributed by atoms with Gasteiger partial charge in [-0.1, -0.05) is 0 Å². The summed E-state index contributed by atoms with van der Waals surface area (Å²) in [5.74, 6) is 1.13. The van der Waals surface area contributed by atoms with E-state index in [1.165, 1.54) is 0 Å². The molecule has 3 rings (SSSR count). The molecule has 0 spiro atoms. The largest absolute Gasteiger partial charge is 0.497 e. The second-order valence-electron chi connectivity index (χ2n) is 8.37. The van der Waals surface area contributed by atoms with Gasteiger partial charge in [0.25, 0.3) is 0 Å². The SMILES string of the molecule is COc1ccc(OC)c(C(=O)C2CC3CCC(C2)N3C(=O)OC(C)(C)C)c1. The second kappa shape index (κ2) is 7.41. The van der Waals surface area contributed by atoms with Crippen LogP contribution in [0.1, 0.15) is 56.8 Å². The number of ketones is 1. The number of rotatable bonds is 4. The Hall–Kier alpha value is -2.24. The van der Waals surface area contributed by atoms with E-state index in [2.05, 4.69) is 0 Å². The van der Waals surface area contributed by atoms with Crippen molar-refractivity contribution in [3.8, 4) is 11.5 Å². The molecule has 6 heteroatoms. The number of amides is 1. The Labute approximate surface area is 160 Å². The van der Waals surface area contributed by atoms with Gasteiger partial charge < -0.3 is 19.1 Å². The van der Waals surface area contributed by atoms with Gasteiger partial charge in [0, 0.05) is 18.0 Å². The third kappa shape index (κ3) is 4.04. The van der Waals surface area contributed by atoms with E-state index in [0.29, 0.717) is 29.9 Å². The Bertz CT molecular complexity index is 710. The molecule has 148 valence electrons. The lowest BCUT2D eigenvalue weighted by molar-refractivity contribution is 0.00252. The number of ether oxygens (including phenoxy) is 3. The lowest BCUT2D eigenvalue weighted by atomic mass is 9.84. The van der Waals surface area contributed by atoms with E-state index in [1.807, 2.05) is 25.7 Å². The van der Waals surface area contributed by atoms with Crippen molar-refractivity contribution in [2.45, 2.75) is 64.1 Å². The molecular weight excluding hydrogens is 346 g/mol. The molecule has 1 aromatic rings. The molecular formula is C21H29NO5. The number of carbonyl (C=O) groups excluding carboxylic acids is 2. The molecule has 2 bridgehead atoms. The zero-order valence-corrected chi connectivity index (χ0v) is 16.8. The number of benzene rings is 1. The molecule has 2 aliphatic rings. The molecule has 6 nitrogen and oxygen atoms in total. The van der Waals surface area contributed by atoms with Crippen LogP contribution in [0, 0.1) is 5.92 Å². The third-order valence-corrected chi connectivity index (χ3v) is 5.38. The van der Waals surface area contributed by atoms with Gasteiger partial charge in [-0.15, -0.1) is 0 Å². The molecule has 1 aromatic carbocycles. The number of Topliss-reactive ketones (excluding diaryl/α,β-unsaturated/α-hetero) is 1. The lowest BCUT2D eigenvalue weighted by Crippen LogP contribution is -2.49. The molecule has 2 aliphatic heterocycles. The molecule has 2 saturated heterocycles. The van der Waals surface area contributed by atoms with Crippen LogP contribution in [0.4, 0.5) is 4.79 Å². The number of methoxy groups -OCH3 is 2. The van der Waals surface area contributed by atoms with E-state index >= 15 is 0 Å². The van der Waals surface area contributed by atoms with Crippen LogP contribution in [0.15, 0.2) is 18.2 Å². The third-order valence-electron chi connectivity index (χ3n) is 5.38. The fourth-order valence-corrected chi connectivity index (χ4v) is 4.23.